The number of fused-ring (bicyclic) bond motifs is 1. The Morgan fingerprint density at radius 1 is 1.03 bits per heavy atom. The molecule has 0 radical (unpaired) electrons. The van der Waals surface area contributed by atoms with Crippen LogP contribution in [0.15, 0.2) is 66.1 Å². The number of hydrogen-bond donors (Lipinski definition) is 1. The highest BCUT2D eigenvalue weighted by Gasteiger charge is 2.10. The van der Waals surface area contributed by atoms with E-state index in [9.17, 15) is 8.42 Å². The topological polar surface area (TPSA) is 64.6 Å². The van der Waals surface area contributed by atoms with Gasteiger partial charge in [0.15, 0.2) is 16.6 Å². The van der Waals surface area contributed by atoms with Crippen LogP contribution in [-0.2, 0) is 21.1 Å². The van der Waals surface area contributed by atoms with Gasteiger partial charge in [-0.2, -0.15) is 0 Å². The lowest BCUT2D eigenvalue weighted by molar-refractivity contribution is 0.0224. The summed E-state index contributed by atoms with van der Waals surface area (Å²) >= 11 is 0. The first-order chi connectivity index (χ1) is 14.4. The Kier molecular flexibility index (Phi) is 7.13. The molecule has 0 fully saturated rings. The van der Waals surface area contributed by atoms with Gasteiger partial charge in [0, 0.05) is 19.4 Å². The van der Waals surface area contributed by atoms with E-state index in [2.05, 4.69) is 36.5 Å². The standard InChI is InChI=1S/C24H27NO4S/c1-4-28-17-29-21-13-11-20(12-14-21)24(16-30(3,26)27)25-15-23-18(2)9-10-19-7-5-6-8-22(19)23/h5-14,16,25H,4,15,17H2,1-3H3/b24-16-. The van der Waals surface area contributed by atoms with Crippen LogP contribution >= 0.6 is 0 Å². The number of ether oxygens (including phenoxy) is 2. The van der Waals surface area contributed by atoms with Gasteiger partial charge in [0.1, 0.15) is 5.75 Å². The van der Waals surface area contributed by atoms with Gasteiger partial charge in [-0.1, -0.05) is 36.4 Å². The molecule has 0 unspecified atom stereocenters. The largest absolute Gasteiger partial charge is 0.468 e. The summed E-state index contributed by atoms with van der Waals surface area (Å²) < 4.78 is 34.7. The summed E-state index contributed by atoms with van der Waals surface area (Å²) in [5, 5.41) is 6.91. The van der Waals surface area contributed by atoms with Crippen LogP contribution in [0.25, 0.3) is 16.5 Å². The van der Waals surface area contributed by atoms with Crippen LogP contribution < -0.4 is 10.1 Å². The first kappa shape index (κ1) is 21.9. The van der Waals surface area contributed by atoms with Crippen LogP contribution in [0.5, 0.6) is 5.75 Å². The predicted molar refractivity (Wildman–Crippen MR) is 122 cm³/mol. The van der Waals surface area contributed by atoms with Crippen molar-refractivity contribution in [3.63, 3.8) is 0 Å². The zero-order chi connectivity index (χ0) is 21.6. The zero-order valence-corrected chi connectivity index (χ0v) is 18.3. The van der Waals surface area contributed by atoms with E-state index in [0.717, 1.165) is 27.5 Å². The minimum atomic E-state index is -3.33. The Morgan fingerprint density at radius 3 is 2.47 bits per heavy atom. The quantitative estimate of drug-likeness (QED) is 0.399. The van der Waals surface area contributed by atoms with E-state index in [1.807, 2.05) is 31.2 Å². The summed E-state index contributed by atoms with van der Waals surface area (Å²) in [5.41, 5.74) is 3.60. The Hall–Kier alpha value is -2.83. The van der Waals surface area contributed by atoms with Crippen molar-refractivity contribution in [3.8, 4) is 5.75 Å². The Balaban J connectivity index is 1.86. The molecule has 1 N–H and O–H groups in total. The minimum absolute atomic E-state index is 0.181. The summed E-state index contributed by atoms with van der Waals surface area (Å²) in [7, 11) is -3.33. The first-order valence-corrected chi connectivity index (χ1v) is 11.8. The fourth-order valence-electron chi connectivity index (χ4n) is 3.21. The normalized spacial score (nSPS) is 12.2. The van der Waals surface area contributed by atoms with E-state index in [-0.39, 0.29) is 6.79 Å². The molecule has 0 atom stereocenters. The summed E-state index contributed by atoms with van der Waals surface area (Å²) in [6, 6.07) is 19.6. The van der Waals surface area contributed by atoms with Crippen LogP contribution in [0.1, 0.15) is 23.6 Å². The highest BCUT2D eigenvalue weighted by molar-refractivity contribution is 7.93. The van der Waals surface area contributed by atoms with Gasteiger partial charge in [-0.3, -0.25) is 0 Å². The zero-order valence-electron chi connectivity index (χ0n) is 17.5. The molecule has 158 valence electrons. The van der Waals surface area contributed by atoms with E-state index < -0.39 is 9.84 Å². The van der Waals surface area contributed by atoms with Gasteiger partial charge in [0.05, 0.1) is 11.1 Å². The summed E-state index contributed by atoms with van der Waals surface area (Å²) in [5.74, 6) is 0.663. The van der Waals surface area contributed by atoms with Crippen LogP contribution in [0.4, 0.5) is 0 Å². The lowest BCUT2D eigenvalue weighted by Crippen LogP contribution is -2.14. The van der Waals surface area contributed by atoms with Gasteiger partial charge in [-0.05, 0) is 65.6 Å². The van der Waals surface area contributed by atoms with Crippen molar-refractivity contribution in [1.82, 2.24) is 5.32 Å². The van der Waals surface area contributed by atoms with Crippen molar-refractivity contribution in [2.24, 2.45) is 0 Å². The maximum absolute atomic E-state index is 12.0. The van der Waals surface area contributed by atoms with Crippen molar-refractivity contribution in [1.29, 1.82) is 0 Å². The molecule has 0 spiro atoms. The lowest BCUT2D eigenvalue weighted by atomic mass is 9.99. The van der Waals surface area contributed by atoms with Gasteiger partial charge in [0.25, 0.3) is 0 Å². The number of hydrogen-bond acceptors (Lipinski definition) is 5. The molecule has 3 aromatic carbocycles. The molecule has 0 aliphatic carbocycles. The fraction of sp³-hybridized carbons (Fsp3) is 0.250. The molecule has 0 heterocycles. The second-order valence-corrected chi connectivity index (χ2v) is 8.97. The van der Waals surface area contributed by atoms with Gasteiger partial charge in [0.2, 0.25) is 0 Å². The molecular weight excluding hydrogens is 398 g/mol. The summed E-state index contributed by atoms with van der Waals surface area (Å²) in [6.07, 6.45) is 1.19. The third-order valence-electron chi connectivity index (χ3n) is 4.74. The van der Waals surface area contributed by atoms with Crippen molar-refractivity contribution < 1.29 is 17.9 Å². The molecule has 0 aromatic heterocycles. The number of nitrogens with one attached hydrogen (secondary N) is 1. The number of sulfone groups is 1. The average Bonchev–Trinajstić information content (AvgIpc) is 2.72. The Labute approximate surface area is 178 Å². The molecule has 3 aromatic rings. The van der Waals surface area contributed by atoms with Gasteiger partial charge in [-0.15, -0.1) is 0 Å². The SMILES string of the molecule is CCOCOc1ccc(/C(=C/S(C)(=O)=O)NCc2c(C)ccc3ccccc23)cc1. The van der Waals surface area contributed by atoms with E-state index in [1.54, 1.807) is 12.1 Å². The molecule has 30 heavy (non-hydrogen) atoms. The smallest absolute Gasteiger partial charge is 0.189 e. The van der Waals surface area contributed by atoms with E-state index in [4.69, 9.17) is 9.47 Å². The van der Waals surface area contributed by atoms with Gasteiger partial charge >= 0.3 is 0 Å². The highest BCUT2D eigenvalue weighted by atomic mass is 32.2. The Morgan fingerprint density at radius 2 is 1.77 bits per heavy atom. The Bertz CT molecular complexity index is 1140. The van der Waals surface area contributed by atoms with Crippen molar-refractivity contribution in [2.45, 2.75) is 20.4 Å². The molecular formula is C24H27NO4S. The molecule has 0 aliphatic heterocycles. The summed E-state index contributed by atoms with van der Waals surface area (Å²) in [6.45, 7) is 5.24. The molecule has 0 saturated carbocycles. The van der Waals surface area contributed by atoms with Crippen LogP contribution in [0, 0.1) is 6.92 Å². The van der Waals surface area contributed by atoms with E-state index >= 15 is 0 Å². The van der Waals surface area contributed by atoms with Crippen LogP contribution in [0.2, 0.25) is 0 Å². The monoisotopic (exact) mass is 425 g/mol. The van der Waals surface area contributed by atoms with Gasteiger partial charge in [-0.25, -0.2) is 8.42 Å². The highest BCUT2D eigenvalue weighted by Crippen LogP contribution is 2.24. The van der Waals surface area contributed by atoms with E-state index in [0.29, 0.717) is 24.6 Å². The van der Waals surface area contributed by atoms with E-state index in [1.165, 1.54) is 11.7 Å². The molecule has 0 amide bonds. The third kappa shape index (κ3) is 5.84. The molecule has 6 heteroatoms. The predicted octanol–water partition coefficient (Wildman–Crippen LogP) is 4.65. The van der Waals surface area contributed by atoms with Crippen molar-refractivity contribution in [2.75, 3.05) is 19.7 Å². The first-order valence-electron chi connectivity index (χ1n) is 9.81. The average molecular weight is 426 g/mol. The number of benzene rings is 3. The number of aryl methyl sites for hydroxylation is 1. The maximum Gasteiger partial charge on any atom is 0.189 e. The fourth-order valence-corrected chi connectivity index (χ4v) is 3.86. The van der Waals surface area contributed by atoms with Crippen molar-refractivity contribution in [3.05, 3.63) is 82.8 Å². The second kappa shape index (κ2) is 9.78. The third-order valence-corrected chi connectivity index (χ3v) is 5.40. The number of rotatable bonds is 9. The van der Waals surface area contributed by atoms with Crippen molar-refractivity contribution >= 4 is 26.3 Å². The lowest BCUT2D eigenvalue weighted by Gasteiger charge is -2.15. The summed E-state index contributed by atoms with van der Waals surface area (Å²) in [4.78, 5) is 0. The molecule has 5 nitrogen and oxygen atoms in total. The van der Waals surface area contributed by atoms with Crippen LogP contribution in [0.3, 0.4) is 0 Å². The minimum Gasteiger partial charge on any atom is -0.468 e. The molecule has 0 saturated heterocycles. The maximum atomic E-state index is 12.0. The van der Waals surface area contributed by atoms with Gasteiger partial charge < -0.3 is 14.8 Å². The molecule has 0 aliphatic rings. The second-order valence-electron chi connectivity index (χ2n) is 7.08. The van der Waals surface area contributed by atoms with Crippen LogP contribution in [-0.4, -0.2) is 28.1 Å². The molecule has 0 bridgehead atoms. The molecule has 3 rings (SSSR count).